The number of halogens is 1. The molecule has 1 N–H and O–H groups in total. The quantitative estimate of drug-likeness (QED) is 0.843. The molecule has 2 aromatic rings. The summed E-state index contributed by atoms with van der Waals surface area (Å²) in [5.74, 6) is 2.15. The number of aryl methyl sites for hydroxylation is 1. The van der Waals surface area contributed by atoms with Gasteiger partial charge in [0.25, 0.3) is 0 Å². The maximum absolute atomic E-state index is 4.60. The monoisotopic (exact) mass is 325 g/mol. The zero-order valence-corrected chi connectivity index (χ0v) is 15.0. The Labute approximate surface area is 139 Å². The standard InChI is InChI=1S/C16H27N5.ClH/c1-12(2)9-20-11-15(8-18-20)7-17-16-6-14(5)21(19-16)10-13(3)4;/h6,8,11-13H,7,9-10H2,1-5H3,(H,17,19);1H. The van der Waals surface area contributed by atoms with Gasteiger partial charge < -0.3 is 5.32 Å². The van der Waals surface area contributed by atoms with Crippen LogP contribution in [0.25, 0.3) is 0 Å². The second-order valence-corrected chi connectivity index (χ2v) is 6.56. The molecule has 0 amide bonds. The van der Waals surface area contributed by atoms with Gasteiger partial charge in [-0.3, -0.25) is 9.36 Å². The van der Waals surface area contributed by atoms with E-state index in [1.54, 1.807) is 0 Å². The van der Waals surface area contributed by atoms with Crippen molar-refractivity contribution in [2.24, 2.45) is 11.8 Å². The average molecular weight is 326 g/mol. The second-order valence-electron chi connectivity index (χ2n) is 6.56. The topological polar surface area (TPSA) is 47.7 Å². The molecule has 0 saturated heterocycles. The number of rotatable bonds is 7. The highest BCUT2D eigenvalue weighted by molar-refractivity contribution is 5.85. The minimum Gasteiger partial charge on any atom is -0.364 e. The Hall–Kier alpha value is -1.49. The first-order chi connectivity index (χ1) is 9.94. The highest BCUT2D eigenvalue weighted by atomic mass is 35.5. The first-order valence-electron chi connectivity index (χ1n) is 7.73. The Morgan fingerprint density at radius 2 is 1.82 bits per heavy atom. The summed E-state index contributed by atoms with van der Waals surface area (Å²) >= 11 is 0. The summed E-state index contributed by atoms with van der Waals surface area (Å²) in [5, 5.41) is 12.4. The number of anilines is 1. The van der Waals surface area contributed by atoms with Crippen molar-refractivity contribution in [2.45, 2.75) is 54.3 Å². The van der Waals surface area contributed by atoms with Crippen molar-refractivity contribution in [1.29, 1.82) is 0 Å². The van der Waals surface area contributed by atoms with E-state index in [0.717, 1.165) is 25.5 Å². The van der Waals surface area contributed by atoms with Gasteiger partial charge in [0.15, 0.2) is 0 Å². The van der Waals surface area contributed by atoms with Gasteiger partial charge in [-0.25, -0.2) is 0 Å². The summed E-state index contributed by atoms with van der Waals surface area (Å²) in [6.45, 7) is 13.6. The van der Waals surface area contributed by atoms with E-state index in [0.29, 0.717) is 11.8 Å². The Morgan fingerprint density at radius 3 is 2.45 bits per heavy atom. The molecule has 0 radical (unpaired) electrons. The van der Waals surface area contributed by atoms with Gasteiger partial charge in [-0.2, -0.15) is 10.2 Å². The smallest absolute Gasteiger partial charge is 0.148 e. The third-order valence-corrected chi connectivity index (χ3v) is 3.23. The predicted molar refractivity (Wildman–Crippen MR) is 93.4 cm³/mol. The van der Waals surface area contributed by atoms with Crippen LogP contribution in [0.3, 0.4) is 0 Å². The van der Waals surface area contributed by atoms with Crippen LogP contribution in [0.4, 0.5) is 5.82 Å². The van der Waals surface area contributed by atoms with Crippen molar-refractivity contribution in [3.05, 3.63) is 29.7 Å². The van der Waals surface area contributed by atoms with E-state index in [2.05, 4.69) is 67.1 Å². The number of nitrogens with one attached hydrogen (secondary N) is 1. The molecule has 124 valence electrons. The highest BCUT2D eigenvalue weighted by Crippen LogP contribution is 2.12. The summed E-state index contributed by atoms with van der Waals surface area (Å²) in [4.78, 5) is 0. The zero-order chi connectivity index (χ0) is 15.4. The van der Waals surface area contributed by atoms with Crippen molar-refractivity contribution in [3.63, 3.8) is 0 Å². The molecule has 5 nitrogen and oxygen atoms in total. The van der Waals surface area contributed by atoms with Crippen molar-refractivity contribution < 1.29 is 0 Å². The lowest BCUT2D eigenvalue weighted by molar-refractivity contribution is 0.475. The summed E-state index contributed by atoms with van der Waals surface area (Å²) in [6.07, 6.45) is 4.03. The molecule has 0 aliphatic heterocycles. The van der Waals surface area contributed by atoms with Gasteiger partial charge in [0, 0.05) is 43.2 Å². The molecule has 0 aliphatic carbocycles. The Morgan fingerprint density at radius 1 is 1.14 bits per heavy atom. The third kappa shape index (κ3) is 5.37. The Balaban J connectivity index is 0.00000242. The van der Waals surface area contributed by atoms with Gasteiger partial charge in [-0.05, 0) is 18.8 Å². The van der Waals surface area contributed by atoms with Crippen LogP contribution in [0.2, 0.25) is 0 Å². The van der Waals surface area contributed by atoms with Crippen LogP contribution in [-0.2, 0) is 19.6 Å². The molecule has 0 unspecified atom stereocenters. The fourth-order valence-corrected chi connectivity index (χ4v) is 2.29. The van der Waals surface area contributed by atoms with E-state index < -0.39 is 0 Å². The van der Waals surface area contributed by atoms with Crippen LogP contribution < -0.4 is 5.32 Å². The summed E-state index contributed by atoms with van der Waals surface area (Å²) in [6, 6.07) is 2.10. The van der Waals surface area contributed by atoms with Gasteiger partial charge in [0.1, 0.15) is 5.82 Å². The van der Waals surface area contributed by atoms with Crippen molar-refractivity contribution in [1.82, 2.24) is 19.6 Å². The van der Waals surface area contributed by atoms with Crippen LogP contribution in [0.15, 0.2) is 18.5 Å². The minimum atomic E-state index is 0. The summed E-state index contributed by atoms with van der Waals surface area (Å²) < 4.78 is 4.07. The van der Waals surface area contributed by atoms with Gasteiger partial charge in [0.2, 0.25) is 0 Å². The average Bonchev–Trinajstić information content (AvgIpc) is 2.93. The highest BCUT2D eigenvalue weighted by Gasteiger charge is 2.06. The number of nitrogens with zero attached hydrogens (tertiary/aromatic N) is 4. The molecule has 2 aromatic heterocycles. The molecule has 6 heteroatoms. The first-order valence-corrected chi connectivity index (χ1v) is 7.73. The number of hydrogen-bond donors (Lipinski definition) is 1. The molecular formula is C16H28ClN5. The van der Waals surface area contributed by atoms with Crippen LogP contribution in [0.1, 0.15) is 39.0 Å². The largest absolute Gasteiger partial charge is 0.364 e. The molecule has 22 heavy (non-hydrogen) atoms. The van der Waals surface area contributed by atoms with Gasteiger partial charge in [0.05, 0.1) is 6.20 Å². The van der Waals surface area contributed by atoms with Crippen molar-refractivity contribution in [3.8, 4) is 0 Å². The van der Waals surface area contributed by atoms with Gasteiger partial charge in [-0.15, -0.1) is 12.4 Å². The second kappa shape index (κ2) is 8.22. The van der Waals surface area contributed by atoms with Crippen LogP contribution >= 0.6 is 12.4 Å². The first kappa shape index (κ1) is 18.6. The third-order valence-electron chi connectivity index (χ3n) is 3.23. The molecule has 0 aliphatic rings. The summed E-state index contributed by atoms with van der Waals surface area (Å²) in [5.41, 5.74) is 2.38. The Kier molecular flexibility index (Phi) is 6.94. The maximum Gasteiger partial charge on any atom is 0.148 e. The molecule has 2 rings (SSSR count). The van der Waals surface area contributed by atoms with Crippen LogP contribution in [0.5, 0.6) is 0 Å². The molecule has 2 heterocycles. The Bertz CT molecular complexity index is 571. The lowest BCUT2D eigenvalue weighted by Crippen LogP contribution is -2.08. The van der Waals surface area contributed by atoms with Crippen LogP contribution in [-0.4, -0.2) is 19.6 Å². The molecule has 0 spiro atoms. The molecule has 0 saturated carbocycles. The van der Waals surface area contributed by atoms with E-state index in [4.69, 9.17) is 0 Å². The fraction of sp³-hybridized carbons (Fsp3) is 0.625. The van der Waals surface area contributed by atoms with E-state index in [-0.39, 0.29) is 12.4 Å². The molecule has 0 fully saturated rings. The fourth-order valence-electron chi connectivity index (χ4n) is 2.29. The molecule has 0 bridgehead atoms. The lowest BCUT2D eigenvalue weighted by atomic mass is 10.2. The van der Waals surface area contributed by atoms with Gasteiger partial charge in [-0.1, -0.05) is 27.7 Å². The van der Waals surface area contributed by atoms with E-state index in [1.807, 2.05) is 10.9 Å². The van der Waals surface area contributed by atoms with E-state index in [1.165, 1.54) is 11.3 Å². The predicted octanol–water partition coefficient (Wildman–Crippen LogP) is 3.73. The summed E-state index contributed by atoms with van der Waals surface area (Å²) in [7, 11) is 0. The van der Waals surface area contributed by atoms with Crippen molar-refractivity contribution >= 4 is 18.2 Å². The van der Waals surface area contributed by atoms with Crippen molar-refractivity contribution in [2.75, 3.05) is 5.32 Å². The van der Waals surface area contributed by atoms with E-state index in [9.17, 15) is 0 Å². The normalized spacial score (nSPS) is 11.0. The lowest BCUT2D eigenvalue weighted by Gasteiger charge is -2.06. The zero-order valence-electron chi connectivity index (χ0n) is 14.2. The number of hydrogen-bond acceptors (Lipinski definition) is 3. The SMILES string of the molecule is Cc1cc(NCc2cnn(CC(C)C)c2)nn1CC(C)C.Cl. The number of aromatic nitrogens is 4. The maximum atomic E-state index is 4.60. The van der Waals surface area contributed by atoms with E-state index >= 15 is 0 Å². The molecule has 0 atom stereocenters. The molecule has 0 aromatic carbocycles. The van der Waals surface area contributed by atoms with Gasteiger partial charge >= 0.3 is 0 Å². The van der Waals surface area contributed by atoms with Crippen LogP contribution in [0, 0.1) is 18.8 Å². The minimum absolute atomic E-state index is 0. The molecular weight excluding hydrogens is 298 g/mol.